The molecule has 144 valence electrons. The maximum absolute atomic E-state index is 12.3. The number of ether oxygens (including phenoxy) is 1. The number of aryl methyl sites for hydroxylation is 1. The summed E-state index contributed by atoms with van der Waals surface area (Å²) in [5.74, 6) is 1.01. The van der Waals surface area contributed by atoms with E-state index in [-0.39, 0.29) is 5.91 Å². The van der Waals surface area contributed by atoms with Crippen molar-refractivity contribution in [2.24, 2.45) is 0 Å². The number of amides is 1. The normalized spacial score (nSPS) is 10.5. The van der Waals surface area contributed by atoms with Crippen LogP contribution in [0.25, 0.3) is 11.3 Å². The summed E-state index contributed by atoms with van der Waals surface area (Å²) in [7, 11) is 1.55. The van der Waals surface area contributed by atoms with Gasteiger partial charge < -0.3 is 10.1 Å². The van der Waals surface area contributed by atoms with Gasteiger partial charge in [-0.2, -0.15) is 0 Å². The second-order valence-electron chi connectivity index (χ2n) is 6.03. The Bertz CT molecular complexity index is 967. The van der Waals surface area contributed by atoms with Crippen LogP contribution >= 0.6 is 23.4 Å². The van der Waals surface area contributed by atoms with Crippen LogP contribution in [0, 0.1) is 6.92 Å². The van der Waals surface area contributed by atoms with E-state index in [1.807, 2.05) is 43.3 Å². The highest BCUT2D eigenvalue weighted by atomic mass is 35.5. The van der Waals surface area contributed by atoms with Crippen LogP contribution in [0.15, 0.2) is 59.8 Å². The number of aromatic nitrogens is 2. The molecule has 0 atom stereocenters. The fraction of sp³-hybridized carbons (Fsp3) is 0.190. The third-order valence-corrected chi connectivity index (χ3v) is 4.98. The fourth-order valence-electron chi connectivity index (χ4n) is 2.59. The van der Waals surface area contributed by atoms with Gasteiger partial charge in [0.15, 0.2) is 5.16 Å². The molecule has 0 spiro atoms. The van der Waals surface area contributed by atoms with Gasteiger partial charge in [-0.1, -0.05) is 53.7 Å². The number of methoxy groups -OCH3 is 1. The van der Waals surface area contributed by atoms with Gasteiger partial charge in [0.1, 0.15) is 5.75 Å². The van der Waals surface area contributed by atoms with E-state index in [4.69, 9.17) is 16.3 Å². The predicted molar refractivity (Wildman–Crippen MR) is 114 cm³/mol. The van der Waals surface area contributed by atoms with Crippen LogP contribution in [0.3, 0.4) is 0 Å². The zero-order valence-electron chi connectivity index (χ0n) is 15.6. The molecule has 1 aromatic heterocycles. The molecule has 3 aromatic rings. The summed E-state index contributed by atoms with van der Waals surface area (Å²) in [6.45, 7) is 1.94. The minimum Gasteiger partial charge on any atom is -0.495 e. The zero-order chi connectivity index (χ0) is 19.9. The number of thioether (sulfide) groups is 1. The summed E-state index contributed by atoms with van der Waals surface area (Å²) in [6.07, 6.45) is 0.318. The Morgan fingerprint density at radius 1 is 1.14 bits per heavy atom. The lowest BCUT2D eigenvalue weighted by Crippen LogP contribution is -2.13. The van der Waals surface area contributed by atoms with Crippen molar-refractivity contribution in [3.63, 3.8) is 0 Å². The van der Waals surface area contributed by atoms with Crippen molar-refractivity contribution in [3.8, 4) is 17.0 Å². The van der Waals surface area contributed by atoms with E-state index >= 15 is 0 Å². The van der Waals surface area contributed by atoms with Gasteiger partial charge in [-0.25, -0.2) is 9.97 Å². The molecule has 2 aromatic carbocycles. The minimum absolute atomic E-state index is 0.121. The van der Waals surface area contributed by atoms with Crippen molar-refractivity contribution < 1.29 is 9.53 Å². The number of nitrogens with one attached hydrogen (secondary N) is 1. The van der Waals surface area contributed by atoms with Crippen LogP contribution in [-0.4, -0.2) is 28.7 Å². The van der Waals surface area contributed by atoms with E-state index in [0.29, 0.717) is 33.8 Å². The molecule has 0 saturated heterocycles. The Morgan fingerprint density at radius 3 is 2.68 bits per heavy atom. The number of halogens is 1. The minimum atomic E-state index is -0.121. The Kier molecular flexibility index (Phi) is 6.90. The highest BCUT2D eigenvalue weighted by Gasteiger charge is 2.10. The highest BCUT2D eigenvalue weighted by molar-refractivity contribution is 7.99. The van der Waals surface area contributed by atoms with Gasteiger partial charge >= 0.3 is 0 Å². The maximum Gasteiger partial charge on any atom is 0.225 e. The molecule has 0 bridgehead atoms. The lowest BCUT2D eigenvalue weighted by molar-refractivity contribution is -0.115. The van der Waals surface area contributed by atoms with Gasteiger partial charge in [-0.15, -0.1) is 0 Å². The average Bonchev–Trinajstić information content (AvgIpc) is 2.68. The van der Waals surface area contributed by atoms with Crippen molar-refractivity contribution in [3.05, 3.63) is 65.3 Å². The third-order valence-electron chi connectivity index (χ3n) is 3.90. The Hall–Kier alpha value is -2.57. The third kappa shape index (κ3) is 5.47. The van der Waals surface area contributed by atoms with E-state index in [2.05, 4.69) is 15.3 Å². The number of carbonyl (C=O) groups excluding carboxylic acids is 1. The lowest BCUT2D eigenvalue weighted by atomic mass is 10.1. The van der Waals surface area contributed by atoms with Gasteiger partial charge in [0.05, 0.1) is 18.5 Å². The van der Waals surface area contributed by atoms with Crippen molar-refractivity contribution in [2.75, 3.05) is 18.2 Å². The molecule has 0 unspecified atom stereocenters. The van der Waals surface area contributed by atoms with E-state index in [1.54, 1.807) is 25.3 Å². The van der Waals surface area contributed by atoms with Crippen LogP contribution < -0.4 is 10.1 Å². The molecular weight excluding hydrogens is 394 g/mol. The summed E-state index contributed by atoms with van der Waals surface area (Å²) < 4.78 is 5.24. The van der Waals surface area contributed by atoms with Crippen molar-refractivity contribution in [1.29, 1.82) is 0 Å². The first kappa shape index (κ1) is 20.2. The number of hydrogen-bond donors (Lipinski definition) is 1. The van der Waals surface area contributed by atoms with Gasteiger partial charge in [0.2, 0.25) is 5.91 Å². The molecule has 1 N–H and O–H groups in total. The first-order valence-corrected chi connectivity index (χ1v) is 10.1. The summed E-state index contributed by atoms with van der Waals surface area (Å²) >= 11 is 7.45. The highest BCUT2D eigenvalue weighted by Crippen LogP contribution is 2.28. The topological polar surface area (TPSA) is 64.1 Å². The summed E-state index contributed by atoms with van der Waals surface area (Å²) in [6, 6.07) is 17.0. The largest absolute Gasteiger partial charge is 0.495 e. The number of hydrogen-bond acceptors (Lipinski definition) is 5. The second-order valence-corrected chi connectivity index (χ2v) is 7.53. The molecule has 7 heteroatoms. The molecule has 0 saturated carbocycles. The fourth-order valence-corrected chi connectivity index (χ4v) is 3.60. The van der Waals surface area contributed by atoms with E-state index in [9.17, 15) is 4.79 Å². The van der Waals surface area contributed by atoms with Crippen LogP contribution in [0.5, 0.6) is 5.75 Å². The zero-order valence-corrected chi connectivity index (χ0v) is 17.2. The number of rotatable bonds is 7. The molecular formula is C21H20ClN3O2S. The number of carbonyl (C=O) groups is 1. The predicted octanol–water partition coefficient (Wildman–Crippen LogP) is 5.23. The summed E-state index contributed by atoms with van der Waals surface area (Å²) in [5, 5.41) is 4.03. The molecule has 0 radical (unpaired) electrons. The Balaban J connectivity index is 1.60. The molecule has 1 amide bonds. The van der Waals surface area contributed by atoms with Gasteiger partial charge in [0.25, 0.3) is 0 Å². The Labute approximate surface area is 173 Å². The summed E-state index contributed by atoms with van der Waals surface area (Å²) in [5.41, 5.74) is 3.37. The molecule has 0 aliphatic rings. The Morgan fingerprint density at radius 2 is 1.93 bits per heavy atom. The molecule has 28 heavy (non-hydrogen) atoms. The summed E-state index contributed by atoms with van der Waals surface area (Å²) in [4.78, 5) is 21.3. The SMILES string of the molecule is COc1ccc(Cl)cc1NC(=O)CCSc1nc(C)cc(-c2ccccc2)n1. The van der Waals surface area contributed by atoms with Gasteiger partial charge in [-0.3, -0.25) is 4.79 Å². The molecule has 3 rings (SSSR count). The molecule has 5 nitrogen and oxygen atoms in total. The first-order chi connectivity index (χ1) is 13.5. The molecule has 1 heterocycles. The standard InChI is InChI=1S/C21H20ClN3O2S/c1-14-12-17(15-6-4-3-5-7-15)25-21(23-14)28-11-10-20(26)24-18-13-16(22)8-9-19(18)27-2/h3-9,12-13H,10-11H2,1-2H3,(H,24,26). The van der Waals surface area contributed by atoms with E-state index < -0.39 is 0 Å². The smallest absolute Gasteiger partial charge is 0.225 e. The van der Waals surface area contributed by atoms with Crippen molar-refractivity contribution in [1.82, 2.24) is 9.97 Å². The van der Waals surface area contributed by atoms with Crippen molar-refractivity contribution in [2.45, 2.75) is 18.5 Å². The maximum atomic E-state index is 12.3. The molecule has 0 aliphatic heterocycles. The van der Waals surface area contributed by atoms with E-state index in [1.165, 1.54) is 11.8 Å². The average molecular weight is 414 g/mol. The van der Waals surface area contributed by atoms with Crippen LogP contribution in [0.2, 0.25) is 5.02 Å². The van der Waals surface area contributed by atoms with Gasteiger partial charge in [-0.05, 0) is 31.2 Å². The number of benzene rings is 2. The van der Waals surface area contributed by atoms with Crippen LogP contribution in [0.4, 0.5) is 5.69 Å². The number of nitrogens with zero attached hydrogens (tertiary/aromatic N) is 2. The quantitative estimate of drug-likeness (QED) is 0.424. The van der Waals surface area contributed by atoms with Crippen LogP contribution in [0.1, 0.15) is 12.1 Å². The lowest BCUT2D eigenvalue weighted by Gasteiger charge is -2.10. The van der Waals surface area contributed by atoms with Crippen LogP contribution in [-0.2, 0) is 4.79 Å². The second kappa shape index (κ2) is 9.57. The number of anilines is 1. The molecule has 0 aliphatic carbocycles. The monoisotopic (exact) mass is 413 g/mol. The van der Waals surface area contributed by atoms with Crippen molar-refractivity contribution >= 4 is 35.0 Å². The first-order valence-electron chi connectivity index (χ1n) is 8.72. The van der Waals surface area contributed by atoms with E-state index in [0.717, 1.165) is 17.0 Å². The van der Waals surface area contributed by atoms with Gasteiger partial charge in [0, 0.05) is 28.5 Å². The molecule has 0 fully saturated rings.